The van der Waals surface area contributed by atoms with Crippen molar-refractivity contribution in [2.75, 3.05) is 5.32 Å². The van der Waals surface area contributed by atoms with Crippen molar-refractivity contribution in [1.29, 1.82) is 0 Å². The summed E-state index contributed by atoms with van der Waals surface area (Å²) in [5.41, 5.74) is 0.952. The van der Waals surface area contributed by atoms with Gasteiger partial charge in [-0.2, -0.15) is 0 Å². The summed E-state index contributed by atoms with van der Waals surface area (Å²) in [5, 5.41) is 17.0. The summed E-state index contributed by atoms with van der Waals surface area (Å²) >= 11 is 0. The lowest BCUT2D eigenvalue weighted by Gasteiger charge is -2.33. The molecule has 126 valence electrons. The quantitative estimate of drug-likeness (QED) is 0.909. The van der Waals surface area contributed by atoms with E-state index in [1.807, 2.05) is 13.8 Å². The molecule has 2 atom stereocenters. The highest BCUT2D eigenvalue weighted by molar-refractivity contribution is 5.50. The van der Waals surface area contributed by atoms with E-state index in [9.17, 15) is 18.3 Å². The standard InChI is InChI=1S/C15H19F3N4O/c1-8(2)11-5-9(16)12-7-19-14(21-22(11)12)20-10-3-4-15(17,18)6-13(10)23/h5,7-8,10,13,23H,3-4,6H2,1-2H3,(H,20,21). The van der Waals surface area contributed by atoms with E-state index in [4.69, 9.17) is 0 Å². The van der Waals surface area contributed by atoms with Crippen LogP contribution in [0.4, 0.5) is 19.1 Å². The molecule has 0 aromatic carbocycles. The Bertz CT molecular complexity index is 716. The van der Waals surface area contributed by atoms with Crippen LogP contribution in [0.25, 0.3) is 5.52 Å². The van der Waals surface area contributed by atoms with Gasteiger partial charge in [0.05, 0.1) is 18.3 Å². The SMILES string of the molecule is CC(C)c1cc(F)c2cnc(NC3CCC(F)(F)CC3O)nn12. The minimum atomic E-state index is -2.84. The molecule has 8 heteroatoms. The molecular formula is C15H19F3N4O. The highest BCUT2D eigenvalue weighted by atomic mass is 19.3. The lowest BCUT2D eigenvalue weighted by molar-refractivity contribution is -0.0800. The summed E-state index contributed by atoms with van der Waals surface area (Å²) in [6, 6.07) is 0.865. The summed E-state index contributed by atoms with van der Waals surface area (Å²) in [6.07, 6.45) is -0.585. The number of anilines is 1. The number of halogens is 3. The second-order valence-corrected chi connectivity index (χ2v) is 6.37. The maximum absolute atomic E-state index is 13.9. The number of rotatable bonds is 3. The first-order chi connectivity index (χ1) is 10.8. The van der Waals surface area contributed by atoms with Crippen LogP contribution in [0.15, 0.2) is 12.3 Å². The fourth-order valence-electron chi connectivity index (χ4n) is 2.90. The maximum atomic E-state index is 13.9. The van der Waals surface area contributed by atoms with Gasteiger partial charge in [-0.3, -0.25) is 0 Å². The van der Waals surface area contributed by atoms with Crippen LogP contribution in [0.5, 0.6) is 0 Å². The zero-order valence-electron chi connectivity index (χ0n) is 12.9. The minimum Gasteiger partial charge on any atom is -0.391 e. The predicted molar refractivity (Wildman–Crippen MR) is 79.2 cm³/mol. The molecule has 5 nitrogen and oxygen atoms in total. The van der Waals surface area contributed by atoms with Gasteiger partial charge in [0.1, 0.15) is 5.52 Å². The lowest BCUT2D eigenvalue weighted by atomic mass is 9.90. The van der Waals surface area contributed by atoms with Crippen LogP contribution in [0, 0.1) is 5.82 Å². The predicted octanol–water partition coefficient (Wildman–Crippen LogP) is 2.95. The van der Waals surface area contributed by atoms with Crippen LogP contribution in [0.3, 0.4) is 0 Å². The summed E-state index contributed by atoms with van der Waals surface area (Å²) in [6.45, 7) is 3.84. The number of aliphatic hydroxyl groups excluding tert-OH is 1. The van der Waals surface area contributed by atoms with Crippen molar-refractivity contribution in [1.82, 2.24) is 14.6 Å². The van der Waals surface area contributed by atoms with Crippen molar-refractivity contribution >= 4 is 11.5 Å². The van der Waals surface area contributed by atoms with Crippen LogP contribution in [-0.2, 0) is 0 Å². The van der Waals surface area contributed by atoms with Crippen molar-refractivity contribution in [2.24, 2.45) is 0 Å². The van der Waals surface area contributed by atoms with Gasteiger partial charge in [0.25, 0.3) is 5.92 Å². The molecule has 23 heavy (non-hydrogen) atoms. The number of hydrogen-bond acceptors (Lipinski definition) is 4. The molecule has 3 rings (SSSR count). The molecule has 2 aromatic heterocycles. The molecule has 2 N–H and O–H groups in total. The highest BCUT2D eigenvalue weighted by Crippen LogP contribution is 2.34. The molecule has 2 heterocycles. The van der Waals surface area contributed by atoms with Gasteiger partial charge in [-0.25, -0.2) is 22.7 Å². The third-order valence-electron chi connectivity index (χ3n) is 4.20. The Balaban J connectivity index is 1.85. The van der Waals surface area contributed by atoms with Gasteiger partial charge in [-0.15, -0.1) is 5.10 Å². The van der Waals surface area contributed by atoms with E-state index in [1.165, 1.54) is 16.8 Å². The van der Waals surface area contributed by atoms with Crippen LogP contribution in [0.1, 0.15) is 44.7 Å². The van der Waals surface area contributed by atoms with Crippen LogP contribution in [0.2, 0.25) is 0 Å². The number of hydrogen-bond donors (Lipinski definition) is 2. The molecule has 1 aliphatic rings. The number of nitrogens with one attached hydrogen (secondary N) is 1. The average molecular weight is 328 g/mol. The molecule has 2 unspecified atom stereocenters. The molecule has 1 aliphatic carbocycles. The fourth-order valence-corrected chi connectivity index (χ4v) is 2.90. The molecule has 2 aromatic rings. The van der Waals surface area contributed by atoms with E-state index >= 15 is 0 Å². The molecule has 0 spiro atoms. The van der Waals surface area contributed by atoms with Crippen molar-refractivity contribution in [3.8, 4) is 0 Å². The van der Waals surface area contributed by atoms with Crippen LogP contribution in [-0.4, -0.2) is 37.8 Å². The van der Waals surface area contributed by atoms with E-state index in [-0.39, 0.29) is 30.2 Å². The van der Waals surface area contributed by atoms with Gasteiger partial charge in [0.2, 0.25) is 5.95 Å². The number of alkyl halides is 2. The molecule has 0 saturated heterocycles. The normalized spacial score (nSPS) is 24.3. The largest absolute Gasteiger partial charge is 0.391 e. The highest BCUT2D eigenvalue weighted by Gasteiger charge is 2.41. The maximum Gasteiger partial charge on any atom is 0.250 e. The third kappa shape index (κ3) is 3.12. The van der Waals surface area contributed by atoms with Gasteiger partial charge in [0.15, 0.2) is 5.82 Å². The van der Waals surface area contributed by atoms with Gasteiger partial charge in [-0.1, -0.05) is 13.8 Å². The molecular weight excluding hydrogens is 309 g/mol. The summed E-state index contributed by atoms with van der Waals surface area (Å²) in [4.78, 5) is 4.02. The van der Waals surface area contributed by atoms with Gasteiger partial charge in [0, 0.05) is 18.5 Å². The first-order valence-electron chi connectivity index (χ1n) is 7.63. The summed E-state index contributed by atoms with van der Waals surface area (Å²) < 4.78 is 41.8. The second kappa shape index (κ2) is 5.67. The smallest absolute Gasteiger partial charge is 0.250 e. The Morgan fingerprint density at radius 2 is 2.17 bits per heavy atom. The zero-order chi connectivity index (χ0) is 16.8. The van der Waals surface area contributed by atoms with Crippen molar-refractivity contribution in [3.63, 3.8) is 0 Å². The Morgan fingerprint density at radius 3 is 2.83 bits per heavy atom. The zero-order valence-corrected chi connectivity index (χ0v) is 12.9. The first kappa shape index (κ1) is 16.0. The van der Waals surface area contributed by atoms with E-state index in [0.29, 0.717) is 5.69 Å². The Morgan fingerprint density at radius 1 is 1.43 bits per heavy atom. The Kier molecular flexibility index (Phi) is 3.95. The van der Waals surface area contributed by atoms with Crippen molar-refractivity contribution in [3.05, 3.63) is 23.8 Å². The Hall–Kier alpha value is -1.83. The minimum absolute atomic E-state index is 0.0636. The van der Waals surface area contributed by atoms with Crippen molar-refractivity contribution in [2.45, 2.75) is 57.1 Å². The fraction of sp³-hybridized carbons (Fsp3) is 0.600. The first-order valence-corrected chi connectivity index (χ1v) is 7.63. The number of nitrogens with zero attached hydrogens (tertiary/aromatic N) is 3. The monoisotopic (exact) mass is 328 g/mol. The molecule has 0 bridgehead atoms. The third-order valence-corrected chi connectivity index (χ3v) is 4.20. The van der Waals surface area contributed by atoms with E-state index in [2.05, 4.69) is 15.4 Å². The summed E-state index contributed by atoms with van der Waals surface area (Å²) in [5.74, 6) is -2.99. The molecule has 0 amide bonds. The van der Waals surface area contributed by atoms with Gasteiger partial charge in [-0.05, 0) is 18.4 Å². The molecule has 1 fully saturated rings. The number of aromatic nitrogens is 3. The number of aliphatic hydroxyl groups is 1. The number of fused-ring (bicyclic) bond motifs is 1. The topological polar surface area (TPSA) is 62.5 Å². The van der Waals surface area contributed by atoms with E-state index < -0.39 is 30.3 Å². The lowest BCUT2D eigenvalue weighted by Crippen LogP contribution is -2.44. The van der Waals surface area contributed by atoms with Crippen LogP contribution < -0.4 is 5.32 Å². The van der Waals surface area contributed by atoms with Gasteiger partial charge >= 0.3 is 0 Å². The van der Waals surface area contributed by atoms with Crippen LogP contribution >= 0.6 is 0 Å². The summed E-state index contributed by atoms with van der Waals surface area (Å²) in [7, 11) is 0. The molecule has 0 aliphatic heterocycles. The molecule has 0 radical (unpaired) electrons. The second-order valence-electron chi connectivity index (χ2n) is 6.37. The van der Waals surface area contributed by atoms with E-state index in [1.54, 1.807) is 0 Å². The Labute approximate surface area is 131 Å². The molecule has 1 saturated carbocycles. The van der Waals surface area contributed by atoms with Gasteiger partial charge < -0.3 is 10.4 Å². The average Bonchev–Trinajstić information content (AvgIpc) is 2.79. The van der Waals surface area contributed by atoms with Crippen molar-refractivity contribution < 1.29 is 18.3 Å². The van der Waals surface area contributed by atoms with E-state index in [0.717, 1.165) is 0 Å².